The fourth-order valence-electron chi connectivity index (χ4n) is 11.4. The maximum absolute atomic E-state index is 5.60. The number of nitrogens with zero attached hydrogens (tertiary/aromatic N) is 5. The van der Waals surface area contributed by atoms with Crippen molar-refractivity contribution in [3.05, 3.63) is 271 Å². The van der Waals surface area contributed by atoms with Crippen molar-refractivity contribution in [2.24, 2.45) is 0 Å². The molecule has 0 amide bonds. The van der Waals surface area contributed by atoms with Crippen LogP contribution in [0.4, 0.5) is 0 Å². The van der Waals surface area contributed by atoms with Crippen molar-refractivity contribution in [2.75, 3.05) is 0 Å². The van der Waals surface area contributed by atoms with E-state index in [1.807, 2.05) is 18.2 Å². The Balaban J connectivity index is 1.08. The summed E-state index contributed by atoms with van der Waals surface area (Å²) in [7, 11) is 0. The predicted octanol–water partition coefficient (Wildman–Crippen LogP) is 15.4. The molecule has 5 heteroatoms. The lowest BCUT2D eigenvalue weighted by Crippen LogP contribution is -2.28. The van der Waals surface area contributed by atoms with Gasteiger partial charge >= 0.3 is 0 Å². The summed E-state index contributed by atoms with van der Waals surface area (Å²) in [4.78, 5) is 16.4. The molecule has 10 aromatic carbocycles. The van der Waals surface area contributed by atoms with E-state index in [-0.39, 0.29) is 0 Å². The fraction of sp³-hybridized carbons (Fsp3) is 0.0156. The molecule has 69 heavy (non-hydrogen) atoms. The molecule has 322 valence electrons. The maximum Gasteiger partial charge on any atom is 0.238 e. The van der Waals surface area contributed by atoms with Gasteiger partial charge in [-0.25, -0.2) is 4.98 Å². The molecule has 1 aliphatic carbocycles. The van der Waals surface area contributed by atoms with Gasteiger partial charge in [0.15, 0.2) is 11.6 Å². The standard InChI is InChI=1S/C64H41N5/c1-5-21-42(22-6-1)47-29-14-18-34-56(47)68-57-35-19-15-31-50(57)52-39-40-53-51-32-16-20-36-58(51)69(60(53)59(52)68)63-66-61(43-23-7-2-8-24-43)65-62(67-63)44-37-38-49-48-30-13-17-33-54(48)64(55(49)41-44,45-25-9-3-10-26-45)46-27-11-4-12-28-46/h1-41H. The zero-order valence-electron chi connectivity index (χ0n) is 37.4. The Morgan fingerprint density at radius 3 is 1.43 bits per heavy atom. The Hall–Kier alpha value is -9.19. The predicted molar refractivity (Wildman–Crippen MR) is 282 cm³/mol. The molecule has 14 rings (SSSR count). The average molecular weight is 880 g/mol. The first kappa shape index (κ1) is 39.0. The van der Waals surface area contributed by atoms with E-state index in [0.29, 0.717) is 17.6 Å². The third-order valence-corrected chi connectivity index (χ3v) is 14.3. The summed E-state index contributed by atoms with van der Waals surface area (Å²) in [6.45, 7) is 0. The van der Waals surface area contributed by atoms with Crippen LogP contribution < -0.4 is 0 Å². The van der Waals surface area contributed by atoms with Gasteiger partial charge in [-0.1, -0.05) is 224 Å². The molecule has 0 fully saturated rings. The molecular formula is C64H41N5. The van der Waals surface area contributed by atoms with Gasteiger partial charge in [0, 0.05) is 38.2 Å². The van der Waals surface area contributed by atoms with Crippen molar-refractivity contribution in [1.29, 1.82) is 0 Å². The Labute approximate surface area is 398 Å². The number of hydrogen-bond donors (Lipinski definition) is 0. The quantitative estimate of drug-likeness (QED) is 0.160. The van der Waals surface area contributed by atoms with Crippen molar-refractivity contribution < 1.29 is 0 Å². The maximum atomic E-state index is 5.60. The van der Waals surface area contributed by atoms with Crippen molar-refractivity contribution in [3.63, 3.8) is 0 Å². The van der Waals surface area contributed by atoms with E-state index in [4.69, 9.17) is 15.0 Å². The molecule has 0 N–H and O–H groups in total. The van der Waals surface area contributed by atoms with E-state index in [2.05, 4.69) is 240 Å². The molecular weight excluding hydrogens is 839 g/mol. The van der Waals surface area contributed by atoms with Gasteiger partial charge in [0.1, 0.15) is 0 Å². The summed E-state index contributed by atoms with van der Waals surface area (Å²) in [5, 5.41) is 4.57. The van der Waals surface area contributed by atoms with Gasteiger partial charge in [0.05, 0.1) is 33.2 Å². The van der Waals surface area contributed by atoms with E-state index in [1.54, 1.807) is 0 Å². The largest absolute Gasteiger partial charge is 0.307 e. The highest BCUT2D eigenvalue weighted by molar-refractivity contribution is 6.24. The van der Waals surface area contributed by atoms with Crippen molar-refractivity contribution in [3.8, 4) is 56.7 Å². The molecule has 3 aromatic heterocycles. The van der Waals surface area contributed by atoms with Gasteiger partial charge in [-0.05, 0) is 63.2 Å². The summed E-state index contributed by atoms with van der Waals surface area (Å²) >= 11 is 0. The fourth-order valence-corrected chi connectivity index (χ4v) is 11.4. The molecule has 0 saturated carbocycles. The highest BCUT2D eigenvalue weighted by Crippen LogP contribution is 2.56. The number of fused-ring (bicyclic) bond motifs is 10. The lowest BCUT2D eigenvalue weighted by Gasteiger charge is -2.34. The van der Waals surface area contributed by atoms with Gasteiger partial charge in [0.25, 0.3) is 0 Å². The molecule has 0 unspecified atom stereocenters. The van der Waals surface area contributed by atoms with Crippen LogP contribution in [0.25, 0.3) is 100 Å². The van der Waals surface area contributed by atoms with E-state index < -0.39 is 5.41 Å². The second kappa shape index (κ2) is 15.4. The SMILES string of the molecule is c1ccc(-c2nc(-c3ccc4c(c3)C(c3ccccc3)(c3ccccc3)c3ccccc3-4)nc(-n3c4ccccc4c4ccc5c6ccccc6n(-c6ccccc6-c6ccccc6)c5c43)n2)cc1. The third kappa shape index (κ3) is 5.81. The van der Waals surface area contributed by atoms with Crippen molar-refractivity contribution in [2.45, 2.75) is 5.41 Å². The Morgan fingerprint density at radius 2 is 0.783 bits per heavy atom. The zero-order chi connectivity index (χ0) is 45.5. The summed E-state index contributed by atoms with van der Waals surface area (Å²) in [6, 6.07) is 89.2. The molecule has 0 atom stereocenters. The van der Waals surface area contributed by atoms with Gasteiger partial charge < -0.3 is 4.57 Å². The van der Waals surface area contributed by atoms with Crippen LogP contribution in [0.1, 0.15) is 22.3 Å². The van der Waals surface area contributed by atoms with Crippen LogP contribution in [0.3, 0.4) is 0 Å². The molecule has 0 radical (unpaired) electrons. The normalized spacial score (nSPS) is 12.8. The summed E-state index contributed by atoms with van der Waals surface area (Å²) in [6.07, 6.45) is 0. The van der Waals surface area contributed by atoms with Crippen LogP contribution in [0, 0.1) is 0 Å². The lowest BCUT2D eigenvalue weighted by atomic mass is 9.67. The highest BCUT2D eigenvalue weighted by Gasteiger charge is 2.46. The van der Waals surface area contributed by atoms with Crippen LogP contribution in [-0.4, -0.2) is 24.1 Å². The number of hydrogen-bond acceptors (Lipinski definition) is 3. The van der Waals surface area contributed by atoms with Crippen molar-refractivity contribution in [1.82, 2.24) is 24.1 Å². The molecule has 5 nitrogen and oxygen atoms in total. The van der Waals surface area contributed by atoms with Crippen LogP contribution >= 0.6 is 0 Å². The van der Waals surface area contributed by atoms with Gasteiger partial charge in [-0.3, -0.25) is 4.57 Å². The van der Waals surface area contributed by atoms with E-state index in [0.717, 1.165) is 66.2 Å². The number of aromatic nitrogens is 5. The monoisotopic (exact) mass is 879 g/mol. The lowest BCUT2D eigenvalue weighted by molar-refractivity contribution is 0.768. The number of rotatable bonds is 7. The Kier molecular flexibility index (Phi) is 8.73. The highest BCUT2D eigenvalue weighted by atomic mass is 15.2. The minimum atomic E-state index is -0.579. The first-order chi connectivity index (χ1) is 34.3. The summed E-state index contributed by atoms with van der Waals surface area (Å²) in [5.74, 6) is 1.75. The Morgan fingerprint density at radius 1 is 0.304 bits per heavy atom. The molecule has 0 spiro atoms. The van der Waals surface area contributed by atoms with E-state index in [1.165, 1.54) is 38.8 Å². The molecule has 13 aromatic rings. The van der Waals surface area contributed by atoms with E-state index in [9.17, 15) is 0 Å². The topological polar surface area (TPSA) is 48.5 Å². The van der Waals surface area contributed by atoms with Gasteiger partial charge in [-0.2, -0.15) is 9.97 Å². The second-order valence-corrected chi connectivity index (χ2v) is 17.9. The number of benzene rings is 10. The molecule has 0 bridgehead atoms. The Bertz CT molecular complexity index is 4080. The van der Waals surface area contributed by atoms with Gasteiger partial charge in [0.2, 0.25) is 5.95 Å². The third-order valence-electron chi connectivity index (χ3n) is 14.3. The zero-order valence-corrected chi connectivity index (χ0v) is 37.4. The average Bonchev–Trinajstić information content (AvgIpc) is 4.06. The van der Waals surface area contributed by atoms with Crippen molar-refractivity contribution >= 4 is 43.6 Å². The first-order valence-electron chi connectivity index (χ1n) is 23.5. The van der Waals surface area contributed by atoms with Crippen LogP contribution in [0.15, 0.2) is 249 Å². The van der Waals surface area contributed by atoms with Crippen LogP contribution in [0.2, 0.25) is 0 Å². The first-order valence-corrected chi connectivity index (χ1v) is 23.5. The van der Waals surface area contributed by atoms with Gasteiger partial charge in [-0.15, -0.1) is 0 Å². The number of para-hydroxylation sites is 3. The minimum Gasteiger partial charge on any atom is -0.307 e. The molecule has 0 aliphatic heterocycles. The van der Waals surface area contributed by atoms with Crippen LogP contribution in [0.5, 0.6) is 0 Å². The molecule has 3 heterocycles. The smallest absolute Gasteiger partial charge is 0.238 e. The van der Waals surface area contributed by atoms with E-state index >= 15 is 0 Å². The molecule has 0 saturated heterocycles. The molecule has 1 aliphatic rings. The minimum absolute atomic E-state index is 0.548. The summed E-state index contributed by atoms with van der Waals surface area (Å²) in [5.41, 5.74) is 16.2. The summed E-state index contributed by atoms with van der Waals surface area (Å²) < 4.78 is 4.74. The second-order valence-electron chi connectivity index (χ2n) is 17.9. The van der Waals surface area contributed by atoms with Crippen LogP contribution in [-0.2, 0) is 5.41 Å².